The van der Waals surface area contributed by atoms with Gasteiger partial charge in [-0.15, -0.1) is 0 Å². The third kappa shape index (κ3) is 6.54. The number of esters is 1. The molecule has 0 aromatic heterocycles. The predicted molar refractivity (Wildman–Crippen MR) is 85.4 cm³/mol. The molecule has 0 radical (unpaired) electrons. The third-order valence-electron chi connectivity index (χ3n) is 2.61. The number of nitrogens with one attached hydrogen (secondary N) is 1. The predicted octanol–water partition coefficient (Wildman–Crippen LogP) is 3.08. The zero-order valence-corrected chi connectivity index (χ0v) is 14.2. The van der Waals surface area contributed by atoms with Crippen LogP contribution in [0.25, 0.3) is 0 Å². The van der Waals surface area contributed by atoms with Gasteiger partial charge >= 0.3 is 5.97 Å². The molecule has 0 fully saturated rings. The van der Waals surface area contributed by atoms with Crippen LogP contribution >= 0.6 is 23.2 Å². The number of hydrogen-bond acceptors (Lipinski definition) is 4. The Morgan fingerprint density at radius 1 is 1.23 bits per heavy atom. The number of benzene rings is 1. The second kappa shape index (κ2) is 8.86. The fraction of sp³-hybridized carbons (Fsp3) is 0.467. The first-order valence-electron chi connectivity index (χ1n) is 6.84. The van der Waals surface area contributed by atoms with Crippen LogP contribution in [0.4, 0.5) is 0 Å². The van der Waals surface area contributed by atoms with Crippen molar-refractivity contribution in [3.8, 4) is 5.75 Å². The van der Waals surface area contributed by atoms with Gasteiger partial charge in [0.2, 0.25) is 0 Å². The molecule has 0 heterocycles. The maximum atomic E-state index is 11.7. The van der Waals surface area contributed by atoms with Crippen molar-refractivity contribution in [1.82, 2.24) is 5.32 Å². The summed E-state index contributed by atoms with van der Waals surface area (Å²) in [6, 6.07) is 4.74. The van der Waals surface area contributed by atoms with Crippen molar-refractivity contribution < 1.29 is 19.1 Å². The zero-order chi connectivity index (χ0) is 16.7. The molecule has 1 unspecified atom stereocenters. The minimum absolute atomic E-state index is 0.178. The van der Waals surface area contributed by atoms with Crippen molar-refractivity contribution in [3.63, 3.8) is 0 Å². The second-order valence-electron chi connectivity index (χ2n) is 5.05. The standard InChI is InChI=1S/C15H19Cl2NO4/c1-9(2)22-15(20)10(3)7-18-14(19)8-21-13-6-11(16)4-5-12(13)17/h4-6,9-10H,7-8H2,1-3H3,(H,18,19). The Morgan fingerprint density at radius 2 is 1.91 bits per heavy atom. The molecule has 0 bridgehead atoms. The summed E-state index contributed by atoms with van der Waals surface area (Å²) in [7, 11) is 0. The van der Waals surface area contributed by atoms with Crippen molar-refractivity contribution in [1.29, 1.82) is 0 Å². The van der Waals surface area contributed by atoms with E-state index in [0.29, 0.717) is 15.8 Å². The van der Waals surface area contributed by atoms with E-state index in [-0.39, 0.29) is 31.1 Å². The smallest absolute Gasteiger partial charge is 0.310 e. The first-order chi connectivity index (χ1) is 10.3. The van der Waals surface area contributed by atoms with Gasteiger partial charge in [-0.05, 0) is 26.0 Å². The molecular formula is C15H19Cl2NO4. The largest absolute Gasteiger partial charge is 0.482 e. The van der Waals surface area contributed by atoms with Gasteiger partial charge in [0.05, 0.1) is 17.0 Å². The van der Waals surface area contributed by atoms with Gasteiger partial charge in [0, 0.05) is 17.6 Å². The van der Waals surface area contributed by atoms with Crippen LogP contribution in [0.3, 0.4) is 0 Å². The number of halogens is 2. The highest BCUT2D eigenvalue weighted by Crippen LogP contribution is 2.27. The normalized spacial score (nSPS) is 11.9. The van der Waals surface area contributed by atoms with Crippen LogP contribution in [0.1, 0.15) is 20.8 Å². The zero-order valence-electron chi connectivity index (χ0n) is 12.7. The van der Waals surface area contributed by atoms with Crippen molar-refractivity contribution in [2.45, 2.75) is 26.9 Å². The molecule has 1 aromatic carbocycles. The molecule has 22 heavy (non-hydrogen) atoms. The highest BCUT2D eigenvalue weighted by Gasteiger charge is 2.17. The molecule has 1 aromatic rings. The lowest BCUT2D eigenvalue weighted by Crippen LogP contribution is -2.35. The Labute approximate surface area is 139 Å². The third-order valence-corrected chi connectivity index (χ3v) is 3.16. The van der Waals surface area contributed by atoms with E-state index in [4.69, 9.17) is 32.7 Å². The van der Waals surface area contributed by atoms with E-state index in [1.54, 1.807) is 32.9 Å². The summed E-state index contributed by atoms with van der Waals surface area (Å²) in [6.45, 7) is 5.18. The Hall–Kier alpha value is -1.46. The van der Waals surface area contributed by atoms with Gasteiger partial charge in [0.1, 0.15) is 5.75 Å². The number of amides is 1. The summed E-state index contributed by atoms with van der Waals surface area (Å²) in [5.74, 6) is -0.813. The molecule has 7 heteroatoms. The molecule has 0 aliphatic carbocycles. The average Bonchev–Trinajstić information content (AvgIpc) is 2.44. The van der Waals surface area contributed by atoms with Crippen LogP contribution < -0.4 is 10.1 Å². The first kappa shape index (κ1) is 18.6. The SMILES string of the molecule is CC(C)OC(=O)C(C)CNC(=O)COc1cc(Cl)ccc1Cl. The molecule has 0 aliphatic rings. The van der Waals surface area contributed by atoms with Crippen molar-refractivity contribution in [3.05, 3.63) is 28.2 Å². The average molecular weight is 348 g/mol. The summed E-state index contributed by atoms with van der Waals surface area (Å²) < 4.78 is 10.3. The van der Waals surface area contributed by atoms with Crippen molar-refractivity contribution in [2.75, 3.05) is 13.2 Å². The molecule has 0 saturated carbocycles. The number of rotatable bonds is 7. The summed E-state index contributed by atoms with van der Waals surface area (Å²) in [6.07, 6.45) is -0.182. The Balaban J connectivity index is 2.37. The summed E-state index contributed by atoms with van der Waals surface area (Å²) in [4.78, 5) is 23.3. The van der Waals surface area contributed by atoms with Crippen molar-refractivity contribution in [2.24, 2.45) is 5.92 Å². The molecule has 1 amide bonds. The Kier molecular flexibility index (Phi) is 7.48. The van der Waals surface area contributed by atoms with Crippen LogP contribution in [-0.2, 0) is 14.3 Å². The lowest BCUT2D eigenvalue weighted by atomic mass is 10.2. The monoisotopic (exact) mass is 347 g/mol. The molecule has 122 valence electrons. The lowest BCUT2D eigenvalue weighted by Gasteiger charge is -2.14. The van der Waals surface area contributed by atoms with Crippen LogP contribution in [0.2, 0.25) is 10.0 Å². The minimum Gasteiger partial charge on any atom is -0.482 e. The molecule has 5 nitrogen and oxygen atoms in total. The molecule has 0 saturated heterocycles. The van der Waals surface area contributed by atoms with E-state index in [9.17, 15) is 9.59 Å². The lowest BCUT2D eigenvalue weighted by molar-refractivity contribution is -0.151. The number of carbonyl (C=O) groups excluding carboxylic acids is 2. The van der Waals surface area contributed by atoms with Crippen LogP contribution in [0, 0.1) is 5.92 Å². The van der Waals surface area contributed by atoms with E-state index < -0.39 is 5.92 Å². The second-order valence-corrected chi connectivity index (χ2v) is 5.90. The van der Waals surface area contributed by atoms with Crippen LogP contribution in [0.5, 0.6) is 5.75 Å². The fourth-order valence-corrected chi connectivity index (χ4v) is 1.82. The van der Waals surface area contributed by atoms with E-state index in [1.165, 1.54) is 6.07 Å². The van der Waals surface area contributed by atoms with Gasteiger partial charge in [-0.3, -0.25) is 9.59 Å². The molecular weight excluding hydrogens is 329 g/mol. The van der Waals surface area contributed by atoms with Gasteiger partial charge in [0.15, 0.2) is 6.61 Å². The molecule has 0 aliphatic heterocycles. The van der Waals surface area contributed by atoms with Crippen molar-refractivity contribution >= 4 is 35.1 Å². The van der Waals surface area contributed by atoms with Gasteiger partial charge in [0.25, 0.3) is 5.91 Å². The van der Waals surface area contributed by atoms with Gasteiger partial charge in [-0.25, -0.2) is 0 Å². The summed E-state index contributed by atoms with van der Waals surface area (Å²) >= 11 is 11.7. The topological polar surface area (TPSA) is 64.6 Å². The van der Waals surface area contributed by atoms with E-state index >= 15 is 0 Å². The maximum absolute atomic E-state index is 11.7. The number of hydrogen-bond donors (Lipinski definition) is 1. The van der Waals surface area contributed by atoms with E-state index in [2.05, 4.69) is 5.32 Å². The number of ether oxygens (including phenoxy) is 2. The molecule has 1 atom stereocenters. The van der Waals surface area contributed by atoms with E-state index in [1.807, 2.05) is 0 Å². The maximum Gasteiger partial charge on any atom is 0.310 e. The van der Waals surface area contributed by atoms with Gasteiger partial charge in [-0.2, -0.15) is 0 Å². The van der Waals surface area contributed by atoms with Gasteiger partial charge in [-0.1, -0.05) is 30.1 Å². The highest BCUT2D eigenvalue weighted by molar-refractivity contribution is 6.34. The van der Waals surface area contributed by atoms with E-state index in [0.717, 1.165) is 0 Å². The quantitative estimate of drug-likeness (QED) is 0.769. The molecule has 1 N–H and O–H groups in total. The van der Waals surface area contributed by atoms with Crippen LogP contribution in [-0.4, -0.2) is 31.1 Å². The van der Waals surface area contributed by atoms with Crippen LogP contribution in [0.15, 0.2) is 18.2 Å². The van der Waals surface area contributed by atoms with Gasteiger partial charge < -0.3 is 14.8 Å². The summed E-state index contributed by atoms with van der Waals surface area (Å²) in [5.41, 5.74) is 0. The summed E-state index contributed by atoms with van der Waals surface area (Å²) in [5, 5.41) is 3.43. The Bertz CT molecular complexity index is 534. The minimum atomic E-state index is -0.430. The highest BCUT2D eigenvalue weighted by atomic mass is 35.5. The number of carbonyl (C=O) groups is 2. The first-order valence-corrected chi connectivity index (χ1v) is 7.60. The molecule has 0 spiro atoms. The Morgan fingerprint density at radius 3 is 2.55 bits per heavy atom. The fourth-order valence-electron chi connectivity index (χ4n) is 1.48. The molecule has 1 rings (SSSR count).